The highest BCUT2D eigenvalue weighted by atomic mass is 14.9. The van der Waals surface area contributed by atoms with Crippen molar-refractivity contribution in [3.8, 4) is 0 Å². The molecule has 0 amide bonds. The summed E-state index contributed by atoms with van der Waals surface area (Å²) in [5.74, 6) is 0.886. The molecule has 0 unspecified atom stereocenters. The second-order valence-corrected chi connectivity index (χ2v) is 6.09. The van der Waals surface area contributed by atoms with Gasteiger partial charge in [-0.2, -0.15) is 0 Å². The lowest BCUT2D eigenvalue weighted by Gasteiger charge is -2.23. The minimum Gasteiger partial charge on any atom is -0.310 e. The van der Waals surface area contributed by atoms with Crippen LogP contribution in [0.25, 0.3) is 0 Å². The molecule has 1 N–H and O–H groups in total. The van der Waals surface area contributed by atoms with Crippen molar-refractivity contribution in [1.29, 1.82) is 0 Å². The Balaban J connectivity index is 1.79. The molecule has 1 saturated carbocycles. The molecule has 0 aromatic heterocycles. The Morgan fingerprint density at radius 3 is 2.16 bits per heavy atom. The van der Waals surface area contributed by atoms with Crippen molar-refractivity contribution in [3.63, 3.8) is 0 Å². The van der Waals surface area contributed by atoms with Crippen molar-refractivity contribution in [3.05, 3.63) is 35.4 Å². The Hall–Kier alpha value is -0.820. The van der Waals surface area contributed by atoms with Gasteiger partial charge in [-0.05, 0) is 43.2 Å². The number of hydrogen-bond donors (Lipinski definition) is 1. The Bertz CT molecular complexity index is 346. The molecule has 0 aliphatic heterocycles. The van der Waals surface area contributed by atoms with Gasteiger partial charge in [-0.1, -0.05) is 56.9 Å². The van der Waals surface area contributed by atoms with Gasteiger partial charge in [0.05, 0.1) is 0 Å². The van der Waals surface area contributed by atoms with Gasteiger partial charge in [-0.25, -0.2) is 0 Å². The molecule has 1 atom stereocenters. The SMILES string of the molecule is CCc1ccc(CN[C@@H](C)C2CCCCCC2)cc1. The van der Waals surface area contributed by atoms with Crippen molar-refractivity contribution in [2.75, 3.05) is 0 Å². The van der Waals surface area contributed by atoms with Crippen LogP contribution < -0.4 is 5.32 Å². The molecule has 0 radical (unpaired) electrons. The fourth-order valence-corrected chi connectivity index (χ4v) is 3.15. The average molecular weight is 259 g/mol. The molecule has 0 spiro atoms. The second-order valence-electron chi connectivity index (χ2n) is 6.09. The van der Waals surface area contributed by atoms with E-state index in [4.69, 9.17) is 0 Å². The van der Waals surface area contributed by atoms with Gasteiger partial charge in [-0.3, -0.25) is 0 Å². The molecule has 1 aliphatic rings. The highest BCUT2D eigenvalue weighted by Gasteiger charge is 2.18. The van der Waals surface area contributed by atoms with Crippen molar-refractivity contribution >= 4 is 0 Å². The lowest BCUT2D eigenvalue weighted by Crippen LogP contribution is -2.32. The first-order chi connectivity index (χ1) is 9.29. The van der Waals surface area contributed by atoms with Crippen molar-refractivity contribution in [2.24, 2.45) is 5.92 Å². The van der Waals surface area contributed by atoms with E-state index in [1.807, 2.05) is 0 Å². The molecule has 19 heavy (non-hydrogen) atoms. The summed E-state index contributed by atoms with van der Waals surface area (Å²) < 4.78 is 0. The summed E-state index contributed by atoms with van der Waals surface area (Å²) in [4.78, 5) is 0. The first kappa shape index (κ1) is 14.6. The molecule has 1 heteroatoms. The molecule has 1 fully saturated rings. The van der Waals surface area contributed by atoms with Crippen LogP contribution in [0.5, 0.6) is 0 Å². The van der Waals surface area contributed by atoms with Crippen LogP contribution in [0.2, 0.25) is 0 Å². The third kappa shape index (κ3) is 4.65. The zero-order valence-electron chi connectivity index (χ0n) is 12.6. The van der Waals surface area contributed by atoms with E-state index in [0.29, 0.717) is 6.04 Å². The highest BCUT2D eigenvalue weighted by molar-refractivity contribution is 5.22. The molecular weight excluding hydrogens is 230 g/mol. The van der Waals surface area contributed by atoms with Gasteiger partial charge in [0.2, 0.25) is 0 Å². The molecule has 1 nitrogen and oxygen atoms in total. The van der Waals surface area contributed by atoms with Crippen molar-refractivity contribution < 1.29 is 0 Å². The van der Waals surface area contributed by atoms with E-state index in [-0.39, 0.29) is 0 Å². The van der Waals surface area contributed by atoms with E-state index in [9.17, 15) is 0 Å². The summed E-state index contributed by atoms with van der Waals surface area (Å²) in [5, 5.41) is 3.73. The summed E-state index contributed by atoms with van der Waals surface area (Å²) in [5.41, 5.74) is 2.85. The molecule has 106 valence electrons. The zero-order chi connectivity index (χ0) is 13.5. The maximum atomic E-state index is 3.73. The van der Waals surface area contributed by atoms with Gasteiger partial charge in [0.15, 0.2) is 0 Å². The van der Waals surface area contributed by atoms with E-state index in [1.165, 1.54) is 49.7 Å². The average Bonchev–Trinajstić information content (AvgIpc) is 2.74. The smallest absolute Gasteiger partial charge is 0.0208 e. The van der Waals surface area contributed by atoms with Gasteiger partial charge in [0.25, 0.3) is 0 Å². The predicted octanol–water partition coefficient (Wildman–Crippen LogP) is 4.70. The number of rotatable bonds is 5. The van der Waals surface area contributed by atoms with E-state index < -0.39 is 0 Å². The van der Waals surface area contributed by atoms with Crippen molar-refractivity contribution in [1.82, 2.24) is 5.32 Å². The molecular formula is C18H29N. The Morgan fingerprint density at radius 2 is 1.58 bits per heavy atom. The van der Waals surface area contributed by atoms with Crippen LogP contribution in [0.3, 0.4) is 0 Å². The molecule has 1 aromatic rings. The van der Waals surface area contributed by atoms with Crippen LogP contribution in [0.15, 0.2) is 24.3 Å². The predicted molar refractivity (Wildman–Crippen MR) is 83.3 cm³/mol. The van der Waals surface area contributed by atoms with E-state index >= 15 is 0 Å². The molecule has 0 heterocycles. The summed E-state index contributed by atoms with van der Waals surface area (Å²) in [7, 11) is 0. The molecule has 0 bridgehead atoms. The minimum atomic E-state index is 0.656. The molecule has 1 aliphatic carbocycles. The molecule has 0 saturated heterocycles. The Morgan fingerprint density at radius 1 is 1.00 bits per heavy atom. The molecule has 1 aromatic carbocycles. The number of nitrogens with one attached hydrogen (secondary N) is 1. The van der Waals surface area contributed by atoms with Gasteiger partial charge in [0.1, 0.15) is 0 Å². The van der Waals surface area contributed by atoms with E-state index in [1.54, 1.807) is 0 Å². The third-order valence-corrected chi connectivity index (χ3v) is 4.67. The fourth-order valence-electron chi connectivity index (χ4n) is 3.15. The van der Waals surface area contributed by atoms with E-state index in [0.717, 1.165) is 18.9 Å². The van der Waals surface area contributed by atoms with Crippen LogP contribution in [0.1, 0.15) is 63.5 Å². The quantitative estimate of drug-likeness (QED) is 0.756. The minimum absolute atomic E-state index is 0.656. The Labute approximate surface area is 118 Å². The topological polar surface area (TPSA) is 12.0 Å². The first-order valence-electron chi connectivity index (χ1n) is 8.10. The number of hydrogen-bond acceptors (Lipinski definition) is 1. The van der Waals surface area contributed by atoms with Crippen LogP contribution in [-0.4, -0.2) is 6.04 Å². The number of aryl methyl sites for hydroxylation is 1. The maximum Gasteiger partial charge on any atom is 0.0208 e. The fraction of sp³-hybridized carbons (Fsp3) is 0.667. The van der Waals surface area contributed by atoms with E-state index in [2.05, 4.69) is 43.4 Å². The largest absolute Gasteiger partial charge is 0.310 e. The Kier molecular flexibility index (Phi) is 5.91. The van der Waals surface area contributed by atoms with Gasteiger partial charge in [0, 0.05) is 12.6 Å². The summed E-state index contributed by atoms with van der Waals surface area (Å²) in [6.07, 6.45) is 9.73. The van der Waals surface area contributed by atoms with Crippen molar-refractivity contribution in [2.45, 2.75) is 71.4 Å². The molecule has 2 rings (SSSR count). The van der Waals surface area contributed by atoms with Gasteiger partial charge < -0.3 is 5.32 Å². The van der Waals surface area contributed by atoms with Crippen LogP contribution in [0, 0.1) is 5.92 Å². The van der Waals surface area contributed by atoms with Crippen LogP contribution in [-0.2, 0) is 13.0 Å². The third-order valence-electron chi connectivity index (χ3n) is 4.67. The lowest BCUT2D eigenvalue weighted by atomic mass is 9.93. The second kappa shape index (κ2) is 7.69. The van der Waals surface area contributed by atoms with Gasteiger partial charge in [-0.15, -0.1) is 0 Å². The number of benzene rings is 1. The maximum absolute atomic E-state index is 3.73. The van der Waals surface area contributed by atoms with Crippen LogP contribution >= 0.6 is 0 Å². The summed E-state index contributed by atoms with van der Waals surface area (Å²) in [6, 6.07) is 9.71. The summed E-state index contributed by atoms with van der Waals surface area (Å²) in [6.45, 7) is 5.60. The monoisotopic (exact) mass is 259 g/mol. The normalized spacial score (nSPS) is 19.1. The van der Waals surface area contributed by atoms with Gasteiger partial charge >= 0.3 is 0 Å². The zero-order valence-corrected chi connectivity index (χ0v) is 12.6. The summed E-state index contributed by atoms with van der Waals surface area (Å²) >= 11 is 0. The highest BCUT2D eigenvalue weighted by Crippen LogP contribution is 2.25. The van der Waals surface area contributed by atoms with Crippen LogP contribution in [0.4, 0.5) is 0 Å². The lowest BCUT2D eigenvalue weighted by molar-refractivity contribution is 0.336. The standard InChI is InChI=1S/C18H29N/c1-3-16-10-12-17(13-11-16)14-19-15(2)18-8-6-4-5-7-9-18/h10-13,15,18-19H,3-9,14H2,1-2H3/t15-/m0/s1. The first-order valence-corrected chi connectivity index (χ1v) is 8.10.